The van der Waals surface area contributed by atoms with E-state index in [2.05, 4.69) is 46.0 Å². The van der Waals surface area contributed by atoms with Crippen LogP contribution in [0.5, 0.6) is 0 Å². The van der Waals surface area contributed by atoms with E-state index in [-0.39, 0.29) is 6.04 Å². The second-order valence-corrected chi connectivity index (χ2v) is 6.36. The molecule has 0 aliphatic carbocycles. The Morgan fingerprint density at radius 2 is 1.83 bits per heavy atom. The van der Waals surface area contributed by atoms with Gasteiger partial charge in [0.2, 0.25) is 11.8 Å². The van der Waals surface area contributed by atoms with Gasteiger partial charge in [0.25, 0.3) is 0 Å². The molecule has 1 saturated heterocycles. The predicted molar refractivity (Wildman–Crippen MR) is 92.8 cm³/mol. The number of benzene rings is 1. The molecule has 0 amide bonds. The molecule has 6 nitrogen and oxygen atoms in total. The van der Waals surface area contributed by atoms with E-state index in [1.807, 2.05) is 12.1 Å². The highest BCUT2D eigenvalue weighted by Gasteiger charge is 2.25. The Morgan fingerprint density at radius 1 is 1.12 bits per heavy atom. The van der Waals surface area contributed by atoms with Crippen LogP contribution >= 0.6 is 0 Å². The molecule has 0 unspecified atom stereocenters. The normalized spacial score (nSPS) is 18.0. The molecule has 1 atom stereocenters. The van der Waals surface area contributed by atoms with Crippen molar-refractivity contribution in [3.63, 3.8) is 0 Å². The molecule has 1 aliphatic heterocycles. The molecule has 0 saturated carbocycles. The van der Waals surface area contributed by atoms with Gasteiger partial charge in [-0.25, -0.2) is 0 Å². The minimum Gasteiger partial charge on any atom is -0.419 e. The molecule has 0 spiro atoms. The molecule has 6 heteroatoms. The lowest BCUT2D eigenvalue weighted by Crippen LogP contribution is -2.47. The van der Waals surface area contributed by atoms with Crippen LogP contribution < -0.4 is 0 Å². The summed E-state index contributed by atoms with van der Waals surface area (Å²) in [4.78, 5) is 4.83. The monoisotopic (exact) mass is 330 g/mol. The zero-order valence-corrected chi connectivity index (χ0v) is 14.7. The van der Waals surface area contributed by atoms with E-state index in [1.54, 1.807) is 7.11 Å². The Morgan fingerprint density at radius 3 is 2.50 bits per heavy atom. The van der Waals surface area contributed by atoms with Crippen LogP contribution in [0.2, 0.25) is 0 Å². The largest absolute Gasteiger partial charge is 0.419 e. The maximum absolute atomic E-state index is 5.92. The molecule has 1 aromatic carbocycles. The Kier molecular flexibility index (Phi) is 5.60. The van der Waals surface area contributed by atoms with Crippen molar-refractivity contribution in [1.82, 2.24) is 20.0 Å². The van der Waals surface area contributed by atoms with E-state index in [0.717, 1.165) is 44.9 Å². The third-order valence-corrected chi connectivity index (χ3v) is 4.66. The highest BCUT2D eigenvalue weighted by Crippen LogP contribution is 2.24. The molecule has 1 fully saturated rings. The number of aryl methyl sites for hydroxylation is 1. The number of ether oxygens (including phenoxy) is 1. The summed E-state index contributed by atoms with van der Waals surface area (Å²) < 4.78 is 11.1. The number of nitrogens with zero attached hydrogens (tertiary/aromatic N) is 4. The van der Waals surface area contributed by atoms with Crippen LogP contribution in [0.25, 0.3) is 11.5 Å². The van der Waals surface area contributed by atoms with Gasteiger partial charge in [-0.3, -0.25) is 9.80 Å². The molecule has 1 aromatic heterocycles. The van der Waals surface area contributed by atoms with Crippen LogP contribution in [0, 0.1) is 6.92 Å². The average molecular weight is 330 g/mol. The third kappa shape index (κ3) is 4.01. The molecule has 130 valence electrons. The number of piperazine rings is 1. The fourth-order valence-corrected chi connectivity index (χ4v) is 2.97. The van der Waals surface area contributed by atoms with Crippen LogP contribution in [0.1, 0.15) is 24.4 Å². The van der Waals surface area contributed by atoms with Crippen LogP contribution in [0.4, 0.5) is 0 Å². The number of rotatable bonds is 6. The maximum atomic E-state index is 5.92. The summed E-state index contributed by atoms with van der Waals surface area (Å²) in [6.07, 6.45) is 0. The minimum absolute atomic E-state index is 0.140. The lowest BCUT2D eigenvalue weighted by molar-refractivity contribution is 0.0717. The number of aromatic nitrogens is 2. The predicted octanol–water partition coefficient (Wildman–Crippen LogP) is 2.37. The maximum Gasteiger partial charge on any atom is 0.247 e. The fourth-order valence-electron chi connectivity index (χ4n) is 2.97. The Bertz CT molecular complexity index is 633. The second kappa shape index (κ2) is 7.88. The van der Waals surface area contributed by atoms with Crippen molar-refractivity contribution in [3.8, 4) is 11.5 Å². The van der Waals surface area contributed by atoms with Crippen molar-refractivity contribution < 1.29 is 9.15 Å². The van der Waals surface area contributed by atoms with E-state index in [4.69, 9.17) is 9.15 Å². The standard InChI is InChI=1S/C18H26N4O2/c1-14-4-6-16(7-5-14)18-20-19-17(24-18)15(2)22-10-8-21(9-11-22)12-13-23-3/h4-7,15H,8-13H2,1-3H3/t15-/m1/s1. The van der Waals surface area contributed by atoms with Crippen LogP contribution in [0.3, 0.4) is 0 Å². The van der Waals surface area contributed by atoms with E-state index in [0.29, 0.717) is 11.8 Å². The first kappa shape index (κ1) is 17.1. The molecule has 2 aromatic rings. The third-order valence-electron chi connectivity index (χ3n) is 4.66. The highest BCUT2D eigenvalue weighted by atomic mass is 16.5. The SMILES string of the molecule is COCCN1CCN([C@H](C)c2nnc(-c3ccc(C)cc3)o2)CC1. The fraction of sp³-hybridized carbons (Fsp3) is 0.556. The van der Waals surface area contributed by atoms with Crippen LogP contribution in [0.15, 0.2) is 28.7 Å². The van der Waals surface area contributed by atoms with Gasteiger partial charge >= 0.3 is 0 Å². The number of hydrogen-bond donors (Lipinski definition) is 0. The number of methoxy groups -OCH3 is 1. The van der Waals surface area contributed by atoms with Gasteiger partial charge in [0.1, 0.15) is 0 Å². The van der Waals surface area contributed by atoms with E-state index < -0.39 is 0 Å². The summed E-state index contributed by atoms with van der Waals surface area (Å²) in [6, 6.07) is 8.29. The van der Waals surface area contributed by atoms with Crippen molar-refractivity contribution in [1.29, 1.82) is 0 Å². The quantitative estimate of drug-likeness (QED) is 0.810. The van der Waals surface area contributed by atoms with Crippen molar-refractivity contribution in [2.45, 2.75) is 19.9 Å². The van der Waals surface area contributed by atoms with E-state index in [1.165, 1.54) is 5.56 Å². The van der Waals surface area contributed by atoms with Crippen molar-refractivity contribution >= 4 is 0 Å². The van der Waals surface area contributed by atoms with Gasteiger partial charge in [0, 0.05) is 45.4 Å². The summed E-state index contributed by atoms with van der Waals surface area (Å²) in [5.74, 6) is 1.28. The molecule has 1 aliphatic rings. The van der Waals surface area contributed by atoms with Gasteiger partial charge in [0.05, 0.1) is 12.6 Å². The Hall–Kier alpha value is -1.76. The molecule has 0 bridgehead atoms. The van der Waals surface area contributed by atoms with Crippen LogP contribution in [-0.4, -0.2) is 66.4 Å². The Balaban J connectivity index is 1.60. The summed E-state index contributed by atoms with van der Waals surface area (Å²) in [5, 5.41) is 8.48. The molecule has 0 N–H and O–H groups in total. The van der Waals surface area contributed by atoms with Crippen molar-refractivity contribution in [3.05, 3.63) is 35.7 Å². The molecule has 0 radical (unpaired) electrons. The van der Waals surface area contributed by atoms with E-state index in [9.17, 15) is 0 Å². The number of hydrogen-bond acceptors (Lipinski definition) is 6. The van der Waals surface area contributed by atoms with Gasteiger partial charge < -0.3 is 9.15 Å². The van der Waals surface area contributed by atoms with Gasteiger partial charge in [-0.2, -0.15) is 0 Å². The van der Waals surface area contributed by atoms with Gasteiger partial charge in [0.15, 0.2) is 0 Å². The summed E-state index contributed by atoms with van der Waals surface area (Å²) >= 11 is 0. The summed E-state index contributed by atoms with van der Waals surface area (Å²) in [5.41, 5.74) is 2.19. The van der Waals surface area contributed by atoms with Crippen LogP contribution in [-0.2, 0) is 4.74 Å². The molecule has 3 rings (SSSR count). The average Bonchev–Trinajstić information content (AvgIpc) is 3.10. The first-order valence-corrected chi connectivity index (χ1v) is 8.53. The molecular formula is C18H26N4O2. The first-order valence-electron chi connectivity index (χ1n) is 8.53. The highest BCUT2D eigenvalue weighted by molar-refractivity contribution is 5.52. The Labute approximate surface area is 143 Å². The van der Waals surface area contributed by atoms with Crippen molar-refractivity contribution in [2.75, 3.05) is 46.4 Å². The first-order chi connectivity index (χ1) is 11.7. The van der Waals surface area contributed by atoms with Gasteiger partial charge in [-0.1, -0.05) is 17.7 Å². The van der Waals surface area contributed by atoms with E-state index >= 15 is 0 Å². The lowest BCUT2D eigenvalue weighted by Gasteiger charge is -2.36. The van der Waals surface area contributed by atoms with Gasteiger partial charge in [-0.15, -0.1) is 10.2 Å². The molecular weight excluding hydrogens is 304 g/mol. The zero-order valence-electron chi connectivity index (χ0n) is 14.7. The summed E-state index contributed by atoms with van der Waals surface area (Å²) in [6.45, 7) is 10.1. The second-order valence-electron chi connectivity index (χ2n) is 6.36. The molecule has 24 heavy (non-hydrogen) atoms. The zero-order chi connectivity index (χ0) is 16.9. The van der Waals surface area contributed by atoms with Crippen molar-refractivity contribution in [2.24, 2.45) is 0 Å². The smallest absolute Gasteiger partial charge is 0.247 e. The lowest BCUT2D eigenvalue weighted by atomic mass is 10.1. The summed E-state index contributed by atoms with van der Waals surface area (Å²) in [7, 11) is 1.75. The topological polar surface area (TPSA) is 54.6 Å². The minimum atomic E-state index is 0.140. The molecule has 2 heterocycles. The van der Waals surface area contributed by atoms with Gasteiger partial charge in [-0.05, 0) is 26.0 Å².